The summed E-state index contributed by atoms with van der Waals surface area (Å²) in [4.78, 5) is 15.2. The number of nitro benzene ring substituents is 1. The number of benzene rings is 3. The van der Waals surface area contributed by atoms with E-state index in [1.807, 2.05) is 4.57 Å². The van der Waals surface area contributed by atoms with Crippen LogP contribution in [0.4, 0.5) is 34.1 Å². The molecule has 1 N–H and O–H groups in total. The van der Waals surface area contributed by atoms with Crippen LogP contribution < -0.4 is 10.1 Å². The van der Waals surface area contributed by atoms with Crippen molar-refractivity contribution in [3.8, 4) is 27.7 Å². The molecule has 14 heteroatoms. The molecule has 1 saturated carbocycles. The van der Waals surface area contributed by atoms with Crippen molar-refractivity contribution in [2.75, 3.05) is 5.32 Å². The zero-order chi connectivity index (χ0) is 27.3. The molecule has 1 aliphatic rings. The average Bonchev–Trinajstić information content (AvgIpc) is 3.50. The van der Waals surface area contributed by atoms with Gasteiger partial charge in [0.2, 0.25) is 5.13 Å². The van der Waals surface area contributed by atoms with Crippen LogP contribution >= 0.6 is 11.3 Å². The highest BCUT2D eigenvalue weighted by atomic mass is 32.1. The van der Waals surface area contributed by atoms with Gasteiger partial charge < -0.3 is 14.6 Å². The molecular formula is C25H16F4N6O3S. The van der Waals surface area contributed by atoms with Gasteiger partial charge in [-0.2, -0.15) is 0 Å². The Morgan fingerprint density at radius 1 is 1.05 bits per heavy atom. The molecule has 6 rings (SSSR count). The van der Waals surface area contributed by atoms with Crippen molar-refractivity contribution >= 4 is 38.9 Å². The molecule has 0 saturated heterocycles. The number of ether oxygens (including phenoxy) is 1. The normalized spacial score (nSPS) is 13.5. The van der Waals surface area contributed by atoms with Crippen LogP contribution in [-0.4, -0.2) is 31.0 Å². The van der Waals surface area contributed by atoms with Gasteiger partial charge in [-0.05, 0) is 43.2 Å². The molecule has 0 bridgehead atoms. The number of hydrogen-bond acceptors (Lipinski definition) is 8. The minimum Gasteiger partial charge on any atom is -0.406 e. The molecule has 5 aromatic rings. The van der Waals surface area contributed by atoms with E-state index in [1.165, 1.54) is 48.5 Å². The molecule has 0 amide bonds. The van der Waals surface area contributed by atoms with Gasteiger partial charge in [0.25, 0.3) is 5.69 Å². The first-order valence-corrected chi connectivity index (χ1v) is 12.4. The first kappa shape index (κ1) is 24.7. The molecule has 0 spiro atoms. The molecule has 2 aromatic heterocycles. The van der Waals surface area contributed by atoms with Crippen molar-refractivity contribution < 1.29 is 27.2 Å². The second-order valence-electron chi connectivity index (χ2n) is 8.77. The molecule has 39 heavy (non-hydrogen) atoms. The largest absolute Gasteiger partial charge is 0.573 e. The summed E-state index contributed by atoms with van der Waals surface area (Å²) in [6.07, 6.45) is -3.04. The van der Waals surface area contributed by atoms with Crippen molar-refractivity contribution in [3.63, 3.8) is 0 Å². The fourth-order valence-electron chi connectivity index (χ4n) is 4.18. The van der Waals surface area contributed by atoms with E-state index in [1.54, 1.807) is 12.1 Å². The van der Waals surface area contributed by atoms with E-state index in [2.05, 4.69) is 25.2 Å². The minimum atomic E-state index is -4.80. The molecule has 198 valence electrons. The number of aromatic nitrogens is 4. The first-order chi connectivity index (χ1) is 18.6. The van der Waals surface area contributed by atoms with E-state index >= 15 is 4.39 Å². The van der Waals surface area contributed by atoms with Gasteiger partial charge in [-0.15, -0.1) is 23.4 Å². The quantitative estimate of drug-likeness (QED) is 0.128. The lowest BCUT2D eigenvalue weighted by molar-refractivity contribution is -0.384. The average molecular weight is 557 g/mol. The number of hydrogen-bond donors (Lipinski definition) is 1. The number of rotatable bonds is 7. The maximum absolute atomic E-state index is 15.2. The number of nitrogens with one attached hydrogen (secondary N) is 1. The number of anilines is 2. The third kappa shape index (κ3) is 5.10. The van der Waals surface area contributed by atoms with Crippen LogP contribution in [0.3, 0.4) is 0 Å². The smallest absolute Gasteiger partial charge is 0.406 e. The molecule has 0 unspecified atom stereocenters. The van der Waals surface area contributed by atoms with Gasteiger partial charge in [0.1, 0.15) is 22.4 Å². The molecule has 0 atom stereocenters. The lowest BCUT2D eigenvalue weighted by Crippen LogP contribution is -2.16. The Bertz CT molecular complexity index is 1710. The maximum Gasteiger partial charge on any atom is 0.573 e. The number of nitrogens with zero attached hydrogens (tertiary/aromatic N) is 5. The molecule has 1 fully saturated rings. The number of fused-ring (bicyclic) bond motifs is 1. The number of nitro groups is 1. The van der Waals surface area contributed by atoms with Gasteiger partial charge in [0, 0.05) is 35.4 Å². The highest BCUT2D eigenvalue weighted by molar-refractivity contribution is 7.18. The summed E-state index contributed by atoms with van der Waals surface area (Å²) < 4.78 is 58.7. The predicted octanol–water partition coefficient (Wildman–Crippen LogP) is 7.25. The number of halogens is 4. The Morgan fingerprint density at radius 3 is 2.51 bits per heavy atom. The minimum absolute atomic E-state index is 0.0849. The van der Waals surface area contributed by atoms with Crippen molar-refractivity contribution in [2.45, 2.75) is 25.2 Å². The van der Waals surface area contributed by atoms with Crippen molar-refractivity contribution in [1.82, 2.24) is 19.7 Å². The van der Waals surface area contributed by atoms with Gasteiger partial charge in [-0.1, -0.05) is 23.5 Å². The maximum atomic E-state index is 15.2. The molecule has 0 radical (unpaired) electrons. The lowest BCUT2D eigenvalue weighted by atomic mass is 10.2. The van der Waals surface area contributed by atoms with Crippen LogP contribution in [0.5, 0.6) is 5.75 Å². The highest BCUT2D eigenvalue weighted by Gasteiger charge is 2.32. The van der Waals surface area contributed by atoms with Crippen LogP contribution in [-0.2, 0) is 0 Å². The van der Waals surface area contributed by atoms with E-state index in [9.17, 15) is 23.3 Å². The zero-order valence-corrected chi connectivity index (χ0v) is 20.5. The van der Waals surface area contributed by atoms with Gasteiger partial charge in [0.15, 0.2) is 0 Å². The van der Waals surface area contributed by atoms with Crippen molar-refractivity contribution in [1.29, 1.82) is 0 Å². The van der Waals surface area contributed by atoms with Crippen LogP contribution in [0, 0.1) is 15.9 Å². The summed E-state index contributed by atoms with van der Waals surface area (Å²) in [6.45, 7) is 0. The third-order valence-electron chi connectivity index (χ3n) is 6.01. The molecule has 9 nitrogen and oxygen atoms in total. The topological polar surface area (TPSA) is 108 Å². The third-order valence-corrected chi connectivity index (χ3v) is 6.89. The monoisotopic (exact) mass is 556 g/mol. The number of non-ortho nitro benzene ring substituents is 1. The van der Waals surface area contributed by atoms with Crippen molar-refractivity contribution in [2.24, 2.45) is 0 Å². The molecular weight excluding hydrogens is 540 g/mol. The van der Waals surface area contributed by atoms with Gasteiger partial charge in [-0.3, -0.25) is 10.1 Å². The van der Waals surface area contributed by atoms with Crippen LogP contribution in [0.1, 0.15) is 18.9 Å². The second kappa shape index (κ2) is 9.31. The molecule has 1 aliphatic carbocycles. The zero-order valence-electron chi connectivity index (χ0n) is 19.6. The standard InChI is InChI=1S/C25H16F4N6O3S/c26-18-11-21-20(12-19(18)31-24-33-32-23(39-24)14-2-1-3-16(10-14)35(36)37)30-22(34(21)15-6-7-15)13-4-8-17(9-5-13)38-25(27,28)29/h1-5,8-12,15H,6-7H2,(H,31,33). The summed E-state index contributed by atoms with van der Waals surface area (Å²) in [5.74, 6) is -0.400. The molecule has 3 aromatic carbocycles. The van der Waals surface area contributed by atoms with E-state index in [0.717, 1.165) is 24.2 Å². The fourth-order valence-corrected chi connectivity index (χ4v) is 4.93. The van der Waals surface area contributed by atoms with Gasteiger partial charge in [0.05, 0.1) is 21.6 Å². The Balaban J connectivity index is 1.31. The Labute approximate surface area is 220 Å². The summed E-state index contributed by atoms with van der Waals surface area (Å²) in [5, 5.41) is 22.7. The Kier molecular flexibility index (Phi) is 5.90. The summed E-state index contributed by atoms with van der Waals surface area (Å²) in [7, 11) is 0. The SMILES string of the molecule is O=[N+]([O-])c1cccc(-c2nnc(Nc3cc4nc(-c5ccc(OC(F)(F)F)cc5)n(C5CC5)c4cc3F)s2)c1. The molecule has 2 heterocycles. The predicted molar refractivity (Wildman–Crippen MR) is 135 cm³/mol. The molecule has 0 aliphatic heterocycles. The van der Waals surface area contributed by atoms with E-state index in [4.69, 9.17) is 0 Å². The summed E-state index contributed by atoms with van der Waals surface area (Å²) >= 11 is 1.10. The fraction of sp³-hybridized carbons (Fsp3) is 0.160. The first-order valence-electron chi connectivity index (χ1n) is 11.6. The van der Waals surface area contributed by atoms with Gasteiger partial charge >= 0.3 is 6.36 Å². The van der Waals surface area contributed by atoms with E-state index in [0.29, 0.717) is 33.0 Å². The van der Waals surface area contributed by atoms with E-state index < -0.39 is 17.1 Å². The summed E-state index contributed by atoms with van der Waals surface area (Å²) in [6, 6.07) is 14.3. The number of imidazole rings is 1. The van der Waals surface area contributed by atoms with E-state index in [-0.39, 0.29) is 28.3 Å². The second-order valence-corrected chi connectivity index (χ2v) is 9.75. The number of alkyl halides is 3. The Hall–Kier alpha value is -4.59. The van der Waals surface area contributed by atoms with Crippen LogP contribution in [0.2, 0.25) is 0 Å². The van der Waals surface area contributed by atoms with Crippen LogP contribution in [0.15, 0.2) is 60.7 Å². The highest BCUT2D eigenvalue weighted by Crippen LogP contribution is 2.42. The Morgan fingerprint density at radius 2 is 1.82 bits per heavy atom. The summed E-state index contributed by atoms with van der Waals surface area (Å²) in [5.41, 5.74) is 2.13. The van der Waals surface area contributed by atoms with Crippen molar-refractivity contribution in [3.05, 3.63) is 76.6 Å². The van der Waals surface area contributed by atoms with Gasteiger partial charge in [-0.25, -0.2) is 9.37 Å². The van der Waals surface area contributed by atoms with Crippen LogP contribution in [0.25, 0.3) is 33.0 Å². The lowest BCUT2D eigenvalue weighted by Gasteiger charge is -2.11.